The molecular formula is C12H18N4O3S3. The number of nitrogens with one attached hydrogen (secondary N) is 1. The number of hydrogen-bond donors (Lipinski definition) is 1. The van der Waals surface area contributed by atoms with Gasteiger partial charge in [-0.3, -0.25) is 9.59 Å². The highest BCUT2D eigenvalue weighted by molar-refractivity contribution is 8.01. The van der Waals surface area contributed by atoms with Crippen molar-refractivity contribution in [3.8, 4) is 0 Å². The van der Waals surface area contributed by atoms with Gasteiger partial charge in [-0.05, 0) is 6.92 Å². The van der Waals surface area contributed by atoms with Crippen molar-refractivity contribution in [3.63, 3.8) is 0 Å². The van der Waals surface area contributed by atoms with Crippen molar-refractivity contribution < 1.29 is 14.3 Å². The second-order valence-corrected chi connectivity index (χ2v) is 7.93. The molecule has 0 bridgehead atoms. The van der Waals surface area contributed by atoms with Crippen molar-refractivity contribution in [1.82, 2.24) is 15.1 Å². The third kappa shape index (κ3) is 4.75. The quantitative estimate of drug-likeness (QED) is 0.596. The van der Waals surface area contributed by atoms with E-state index in [1.54, 1.807) is 4.90 Å². The number of methoxy groups -OCH3 is 1. The van der Waals surface area contributed by atoms with Crippen LogP contribution in [0.25, 0.3) is 0 Å². The zero-order valence-corrected chi connectivity index (χ0v) is 14.9. The summed E-state index contributed by atoms with van der Waals surface area (Å²) in [5.74, 6) is 0.799. The Bertz CT molecular complexity index is 525. The van der Waals surface area contributed by atoms with E-state index >= 15 is 0 Å². The molecule has 0 aromatic carbocycles. The number of amides is 1. The number of esters is 1. The smallest absolute Gasteiger partial charge is 0.320 e. The Labute approximate surface area is 141 Å². The molecule has 0 spiro atoms. The van der Waals surface area contributed by atoms with Crippen LogP contribution in [0, 0.1) is 0 Å². The maximum Gasteiger partial charge on any atom is 0.320 e. The van der Waals surface area contributed by atoms with Gasteiger partial charge in [-0.2, -0.15) is 0 Å². The predicted molar refractivity (Wildman–Crippen MR) is 89.6 cm³/mol. The van der Waals surface area contributed by atoms with Crippen LogP contribution >= 0.6 is 34.9 Å². The van der Waals surface area contributed by atoms with E-state index in [4.69, 9.17) is 4.74 Å². The van der Waals surface area contributed by atoms with Gasteiger partial charge in [-0.25, -0.2) is 0 Å². The summed E-state index contributed by atoms with van der Waals surface area (Å²) in [6.45, 7) is 3.86. The van der Waals surface area contributed by atoms with Crippen molar-refractivity contribution in [2.45, 2.75) is 16.5 Å². The molecule has 1 aromatic heterocycles. The number of thioether (sulfide) groups is 2. The average molecular weight is 363 g/mol. The first-order chi connectivity index (χ1) is 10.6. The van der Waals surface area contributed by atoms with Crippen LogP contribution in [-0.4, -0.2) is 70.5 Å². The number of aromatic nitrogens is 2. The van der Waals surface area contributed by atoms with Gasteiger partial charge in [0.05, 0.1) is 12.9 Å². The van der Waals surface area contributed by atoms with Crippen LogP contribution in [-0.2, 0) is 14.3 Å². The normalized spacial score (nSPS) is 18.1. The SMILES string of the molecule is CCNc1nnc(SCC(=O)N2CCS[C@H](C(=O)OC)C2)s1. The lowest BCUT2D eigenvalue weighted by Gasteiger charge is -2.30. The first-order valence-electron chi connectivity index (χ1n) is 6.81. The molecule has 0 unspecified atom stereocenters. The highest BCUT2D eigenvalue weighted by atomic mass is 32.2. The van der Waals surface area contributed by atoms with Gasteiger partial charge in [0.25, 0.3) is 0 Å². The second kappa shape index (κ2) is 8.59. The summed E-state index contributed by atoms with van der Waals surface area (Å²) in [6, 6.07) is 0. The molecule has 2 heterocycles. The molecule has 1 aliphatic heterocycles. The minimum absolute atomic E-state index is 0.0133. The Morgan fingerprint density at radius 3 is 3.05 bits per heavy atom. The molecule has 1 amide bonds. The Morgan fingerprint density at radius 2 is 2.32 bits per heavy atom. The maximum absolute atomic E-state index is 12.2. The number of nitrogens with zero attached hydrogens (tertiary/aromatic N) is 3. The van der Waals surface area contributed by atoms with E-state index in [-0.39, 0.29) is 17.1 Å². The summed E-state index contributed by atoms with van der Waals surface area (Å²) in [5.41, 5.74) is 0. The molecule has 22 heavy (non-hydrogen) atoms. The van der Waals surface area contributed by atoms with Crippen molar-refractivity contribution in [2.24, 2.45) is 0 Å². The summed E-state index contributed by atoms with van der Waals surface area (Å²) in [7, 11) is 1.37. The molecular weight excluding hydrogens is 344 g/mol. The van der Waals surface area contributed by atoms with Gasteiger partial charge in [0.1, 0.15) is 5.25 Å². The van der Waals surface area contributed by atoms with Crippen LogP contribution in [0.3, 0.4) is 0 Å². The predicted octanol–water partition coefficient (Wildman–Crippen LogP) is 1.18. The molecule has 0 radical (unpaired) electrons. The molecule has 7 nitrogen and oxygen atoms in total. The van der Waals surface area contributed by atoms with Gasteiger partial charge >= 0.3 is 5.97 Å². The Hall–Kier alpha value is -1.00. The number of rotatable bonds is 6. The minimum atomic E-state index is -0.283. The van der Waals surface area contributed by atoms with E-state index in [0.29, 0.717) is 18.8 Å². The van der Waals surface area contributed by atoms with E-state index in [9.17, 15) is 9.59 Å². The highest BCUT2D eigenvalue weighted by Gasteiger charge is 2.29. The van der Waals surface area contributed by atoms with E-state index in [1.807, 2.05) is 6.92 Å². The van der Waals surface area contributed by atoms with Gasteiger partial charge in [-0.1, -0.05) is 23.1 Å². The zero-order valence-electron chi connectivity index (χ0n) is 12.4. The highest BCUT2D eigenvalue weighted by Crippen LogP contribution is 2.26. The topological polar surface area (TPSA) is 84.4 Å². The van der Waals surface area contributed by atoms with E-state index < -0.39 is 0 Å². The average Bonchev–Trinajstić information content (AvgIpc) is 3.00. The fourth-order valence-electron chi connectivity index (χ4n) is 1.86. The fourth-order valence-corrected chi connectivity index (χ4v) is 4.71. The molecule has 10 heteroatoms. The molecule has 1 fully saturated rings. The van der Waals surface area contributed by atoms with Crippen LogP contribution in [0.5, 0.6) is 0 Å². The molecule has 1 N–H and O–H groups in total. The number of ether oxygens (including phenoxy) is 1. The fraction of sp³-hybridized carbons (Fsp3) is 0.667. The van der Waals surface area contributed by atoms with E-state index in [0.717, 1.165) is 21.8 Å². The first kappa shape index (κ1) is 17.4. The molecule has 1 saturated heterocycles. The van der Waals surface area contributed by atoms with Gasteiger partial charge in [0.15, 0.2) is 4.34 Å². The third-order valence-electron chi connectivity index (χ3n) is 2.94. The van der Waals surface area contributed by atoms with Crippen LogP contribution in [0.2, 0.25) is 0 Å². The molecule has 0 saturated carbocycles. The van der Waals surface area contributed by atoms with Gasteiger partial charge in [-0.15, -0.1) is 22.0 Å². The van der Waals surface area contributed by atoms with Crippen molar-refractivity contribution in [1.29, 1.82) is 0 Å². The largest absolute Gasteiger partial charge is 0.468 e. The zero-order chi connectivity index (χ0) is 15.9. The van der Waals surface area contributed by atoms with Crippen LogP contribution in [0.1, 0.15) is 6.92 Å². The molecule has 1 aliphatic rings. The number of carbonyl (C=O) groups excluding carboxylic acids is 2. The van der Waals surface area contributed by atoms with Gasteiger partial charge in [0.2, 0.25) is 11.0 Å². The number of hydrogen-bond acceptors (Lipinski definition) is 9. The lowest BCUT2D eigenvalue weighted by Crippen LogP contribution is -2.45. The summed E-state index contributed by atoms with van der Waals surface area (Å²) >= 11 is 4.35. The van der Waals surface area contributed by atoms with Crippen LogP contribution in [0.15, 0.2) is 4.34 Å². The number of anilines is 1. The van der Waals surface area contributed by atoms with E-state index in [1.165, 1.54) is 42.0 Å². The van der Waals surface area contributed by atoms with Crippen LogP contribution in [0.4, 0.5) is 5.13 Å². The molecule has 1 atom stereocenters. The summed E-state index contributed by atoms with van der Waals surface area (Å²) in [4.78, 5) is 25.5. The molecule has 2 rings (SSSR count). The Morgan fingerprint density at radius 1 is 1.50 bits per heavy atom. The third-order valence-corrected chi connectivity index (χ3v) is 6.10. The lowest BCUT2D eigenvalue weighted by atomic mass is 10.3. The summed E-state index contributed by atoms with van der Waals surface area (Å²) < 4.78 is 5.51. The molecule has 1 aromatic rings. The summed E-state index contributed by atoms with van der Waals surface area (Å²) in [6.07, 6.45) is 0. The van der Waals surface area contributed by atoms with Crippen molar-refractivity contribution in [3.05, 3.63) is 0 Å². The maximum atomic E-state index is 12.2. The summed E-state index contributed by atoms with van der Waals surface area (Å²) in [5, 5.41) is 11.6. The minimum Gasteiger partial charge on any atom is -0.468 e. The number of carbonyl (C=O) groups is 2. The lowest BCUT2D eigenvalue weighted by molar-refractivity contribution is -0.141. The first-order valence-corrected chi connectivity index (χ1v) is 9.66. The standard InChI is InChI=1S/C12H18N4O3S3/c1-3-13-11-14-15-12(22-11)21-7-9(17)16-4-5-20-8(6-16)10(18)19-2/h8H,3-7H2,1-2H3,(H,13,14)/t8-/m0/s1. The van der Waals surface area contributed by atoms with Gasteiger partial charge < -0.3 is 15.0 Å². The van der Waals surface area contributed by atoms with Gasteiger partial charge in [0, 0.05) is 25.4 Å². The second-order valence-electron chi connectivity index (χ2n) is 4.41. The van der Waals surface area contributed by atoms with Crippen molar-refractivity contribution in [2.75, 3.05) is 43.6 Å². The van der Waals surface area contributed by atoms with E-state index in [2.05, 4.69) is 15.5 Å². The van der Waals surface area contributed by atoms with Crippen molar-refractivity contribution >= 4 is 51.9 Å². The van der Waals surface area contributed by atoms with Crippen LogP contribution < -0.4 is 5.32 Å². The molecule has 0 aliphatic carbocycles. The Balaban J connectivity index is 1.82. The molecule has 122 valence electrons. The Kier molecular flexibility index (Phi) is 6.77. The monoisotopic (exact) mass is 362 g/mol.